The van der Waals surface area contributed by atoms with Gasteiger partial charge in [0.05, 0.1) is 0 Å². The van der Waals surface area contributed by atoms with Crippen molar-refractivity contribution in [3.05, 3.63) is 58.1 Å². The normalized spacial score (nSPS) is 15.6. The van der Waals surface area contributed by atoms with Gasteiger partial charge in [-0.3, -0.25) is 9.69 Å². The summed E-state index contributed by atoms with van der Waals surface area (Å²) in [7, 11) is 0. The van der Waals surface area contributed by atoms with Gasteiger partial charge >= 0.3 is 6.61 Å². The number of anilines is 1. The van der Waals surface area contributed by atoms with Gasteiger partial charge in [-0.15, -0.1) is 0 Å². The molecule has 0 spiro atoms. The molecule has 1 aliphatic heterocycles. The van der Waals surface area contributed by atoms with Crippen LogP contribution in [0.2, 0.25) is 0 Å². The van der Waals surface area contributed by atoms with Crippen molar-refractivity contribution in [3.8, 4) is 5.75 Å². The molecular formula is C17H18F3N3O2. The second-order valence-electron chi connectivity index (χ2n) is 5.79. The molecule has 0 unspecified atom stereocenters. The lowest BCUT2D eigenvalue weighted by Gasteiger charge is -2.35. The summed E-state index contributed by atoms with van der Waals surface area (Å²) in [4.78, 5) is 18.2. The van der Waals surface area contributed by atoms with E-state index in [0.717, 1.165) is 11.9 Å². The van der Waals surface area contributed by atoms with Crippen molar-refractivity contribution >= 4 is 5.82 Å². The predicted octanol–water partition coefficient (Wildman–Crippen LogP) is 2.44. The number of H-pyrrole nitrogens is 1. The molecule has 1 aromatic heterocycles. The highest BCUT2D eigenvalue weighted by molar-refractivity contribution is 5.38. The largest absolute Gasteiger partial charge is 0.434 e. The van der Waals surface area contributed by atoms with Crippen molar-refractivity contribution < 1.29 is 17.9 Å². The monoisotopic (exact) mass is 353 g/mol. The fourth-order valence-electron chi connectivity index (χ4n) is 2.89. The van der Waals surface area contributed by atoms with E-state index in [1.807, 2.05) is 15.9 Å². The maximum atomic E-state index is 13.5. The van der Waals surface area contributed by atoms with E-state index in [4.69, 9.17) is 0 Å². The van der Waals surface area contributed by atoms with E-state index >= 15 is 0 Å². The van der Waals surface area contributed by atoms with Crippen molar-refractivity contribution in [1.82, 2.24) is 9.88 Å². The number of hydrogen-bond acceptors (Lipinski definition) is 4. The van der Waals surface area contributed by atoms with Crippen LogP contribution < -0.4 is 15.2 Å². The second-order valence-corrected chi connectivity index (χ2v) is 5.79. The van der Waals surface area contributed by atoms with Crippen molar-refractivity contribution in [2.75, 3.05) is 31.1 Å². The molecule has 0 amide bonds. The zero-order valence-electron chi connectivity index (χ0n) is 13.4. The van der Waals surface area contributed by atoms with Crippen molar-refractivity contribution in [1.29, 1.82) is 0 Å². The van der Waals surface area contributed by atoms with Crippen LogP contribution in [0.3, 0.4) is 0 Å². The van der Waals surface area contributed by atoms with E-state index in [1.165, 1.54) is 18.2 Å². The smallest absolute Gasteiger partial charge is 0.387 e. The van der Waals surface area contributed by atoms with E-state index in [9.17, 15) is 18.0 Å². The molecule has 0 aliphatic carbocycles. The molecule has 2 heterocycles. The minimum absolute atomic E-state index is 0.00813. The van der Waals surface area contributed by atoms with Crippen molar-refractivity contribution in [2.24, 2.45) is 0 Å². The number of aromatic nitrogens is 1. The molecule has 0 bridgehead atoms. The van der Waals surface area contributed by atoms with Crippen LogP contribution in [0.5, 0.6) is 5.75 Å². The Kier molecular flexibility index (Phi) is 5.28. The number of nitrogens with one attached hydrogen (secondary N) is 1. The number of alkyl halides is 2. The number of nitrogens with zero attached hydrogens (tertiary/aromatic N) is 2. The summed E-state index contributed by atoms with van der Waals surface area (Å²) in [6, 6.07) is 8.53. The van der Waals surface area contributed by atoms with Gasteiger partial charge in [0.15, 0.2) is 0 Å². The number of piperazine rings is 1. The van der Waals surface area contributed by atoms with Gasteiger partial charge in [0.1, 0.15) is 17.4 Å². The second kappa shape index (κ2) is 7.60. The summed E-state index contributed by atoms with van der Waals surface area (Å²) in [6.07, 6.45) is 0. The highest BCUT2D eigenvalue weighted by Crippen LogP contribution is 2.24. The Morgan fingerprint density at radius 3 is 2.56 bits per heavy atom. The van der Waals surface area contributed by atoms with E-state index in [-0.39, 0.29) is 11.3 Å². The molecule has 5 nitrogen and oxygen atoms in total. The van der Waals surface area contributed by atoms with Gasteiger partial charge < -0.3 is 14.6 Å². The summed E-state index contributed by atoms with van der Waals surface area (Å²) in [6.45, 7) is 0.0128. The molecular weight excluding hydrogens is 335 g/mol. The molecule has 1 saturated heterocycles. The third-order valence-electron chi connectivity index (χ3n) is 4.10. The number of rotatable bonds is 5. The van der Waals surface area contributed by atoms with Crippen LogP contribution in [0.25, 0.3) is 0 Å². The molecule has 0 saturated carbocycles. The Balaban J connectivity index is 1.64. The highest BCUT2D eigenvalue weighted by Gasteiger charge is 2.20. The molecule has 0 radical (unpaired) electrons. The number of halogens is 3. The lowest BCUT2D eigenvalue weighted by atomic mass is 10.1. The fourth-order valence-corrected chi connectivity index (χ4v) is 2.89. The van der Waals surface area contributed by atoms with E-state index in [1.54, 1.807) is 6.07 Å². The molecule has 3 rings (SSSR count). The van der Waals surface area contributed by atoms with Crippen LogP contribution in [0.15, 0.2) is 41.2 Å². The Labute approximate surface area is 142 Å². The molecule has 25 heavy (non-hydrogen) atoms. The lowest BCUT2D eigenvalue weighted by Crippen LogP contribution is -2.46. The van der Waals surface area contributed by atoms with Gasteiger partial charge in [0.2, 0.25) is 5.56 Å². The molecule has 1 aliphatic rings. The Morgan fingerprint density at radius 2 is 1.88 bits per heavy atom. The lowest BCUT2D eigenvalue weighted by molar-refractivity contribution is -0.0508. The molecule has 2 aromatic rings. The number of hydrogen-bond donors (Lipinski definition) is 1. The van der Waals surface area contributed by atoms with E-state index in [0.29, 0.717) is 38.3 Å². The Morgan fingerprint density at radius 1 is 1.12 bits per heavy atom. The molecule has 1 fully saturated rings. The van der Waals surface area contributed by atoms with Crippen LogP contribution in [-0.4, -0.2) is 42.7 Å². The van der Waals surface area contributed by atoms with E-state index in [2.05, 4.69) is 9.72 Å². The zero-order chi connectivity index (χ0) is 17.8. The fraction of sp³-hybridized carbons (Fsp3) is 0.353. The summed E-state index contributed by atoms with van der Waals surface area (Å²) in [5.74, 6) is 0.253. The highest BCUT2D eigenvalue weighted by atomic mass is 19.3. The number of benzene rings is 1. The number of pyridine rings is 1. The van der Waals surface area contributed by atoms with Gasteiger partial charge in [-0.2, -0.15) is 8.78 Å². The molecule has 1 aromatic carbocycles. The first-order chi connectivity index (χ1) is 12.0. The maximum absolute atomic E-state index is 13.5. The quantitative estimate of drug-likeness (QED) is 0.897. The molecule has 1 N–H and O–H groups in total. The maximum Gasteiger partial charge on any atom is 0.387 e. The average Bonchev–Trinajstić information content (AvgIpc) is 2.58. The molecule has 0 atom stereocenters. The molecule has 134 valence electrons. The summed E-state index contributed by atoms with van der Waals surface area (Å²) < 4.78 is 42.9. The van der Waals surface area contributed by atoms with Crippen LogP contribution in [0, 0.1) is 5.82 Å². The topological polar surface area (TPSA) is 48.6 Å². The summed E-state index contributed by atoms with van der Waals surface area (Å²) in [5, 5.41) is 0. The van der Waals surface area contributed by atoms with Crippen LogP contribution >= 0.6 is 0 Å². The van der Waals surface area contributed by atoms with Crippen molar-refractivity contribution in [3.63, 3.8) is 0 Å². The average molecular weight is 353 g/mol. The van der Waals surface area contributed by atoms with Gasteiger partial charge in [-0.1, -0.05) is 6.07 Å². The number of ether oxygens (including phenoxy) is 1. The van der Waals surface area contributed by atoms with Gasteiger partial charge in [-0.25, -0.2) is 4.39 Å². The van der Waals surface area contributed by atoms with Gasteiger partial charge in [0.25, 0.3) is 0 Å². The van der Waals surface area contributed by atoms with Crippen molar-refractivity contribution in [2.45, 2.75) is 13.2 Å². The predicted molar refractivity (Wildman–Crippen MR) is 87.6 cm³/mol. The minimum atomic E-state index is -2.95. The summed E-state index contributed by atoms with van der Waals surface area (Å²) in [5.41, 5.74) is 0.232. The third kappa shape index (κ3) is 4.54. The van der Waals surface area contributed by atoms with Crippen LogP contribution in [0.4, 0.5) is 19.0 Å². The summed E-state index contributed by atoms with van der Waals surface area (Å²) >= 11 is 0. The first-order valence-corrected chi connectivity index (χ1v) is 7.91. The Hall–Kier alpha value is -2.48. The number of aromatic amines is 1. The minimum Gasteiger partial charge on any atom is -0.434 e. The van der Waals surface area contributed by atoms with Gasteiger partial charge in [0, 0.05) is 44.4 Å². The zero-order valence-corrected chi connectivity index (χ0v) is 13.4. The standard InChI is InChI=1S/C17H18F3N3O2/c18-13-4-5-14(25-17(19)20)12(10-13)11-22-6-8-23(9-7-22)15-2-1-3-16(24)21-15/h1-5,10,17H,6-9,11H2,(H,21,24). The van der Waals surface area contributed by atoms with Crippen LogP contribution in [-0.2, 0) is 6.54 Å². The third-order valence-corrected chi connectivity index (χ3v) is 4.10. The first kappa shape index (κ1) is 17.3. The van der Waals surface area contributed by atoms with Gasteiger partial charge in [-0.05, 0) is 24.3 Å². The van der Waals surface area contributed by atoms with Crippen LogP contribution in [0.1, 0.15) is 5.56 Å². The molecule has 8 heteroatoms. The SMILES string of the molecule is O=c1cccc(N2CCN(Cc3cc(F)ccc3OC(F)F)CC2)[nH]1. The first-order valence-electron chi connectivity index (χ1n) is 7.91. The Bertz CT molecular complexity index is 774. The van der Waals surface area contributed by atoms with E-state index < -0.39 is 12.4 Å².